The first-order valence-electron chi connectivity index (χ1n) is 11.2. The molecule has 6 nitrogen and oxygen atoms in total. The molecule has 0 saturated carbocycles. The van der Waals surface area contributed by atoms with Crippen LogP contribution in [0.1, 0.15) is 33.5 Å². The van der Waals surface area contributed by atoms with Gasteiger partial charge in [-0.05, 0) is 35.0 Å². The number of carbonyl (C=O) groups is 1. The molecule has 0 aliphatic carbocycles. The van der Waals surface area contributed by atoms with Crippen LogP contribution >= 0.6 is 15.9 Å². The predicted octanol–water partition coefficient (Wildman–Crippen LogP) is 5.98. The number of rotatable bonds is 6. The molecular weight excluding hydrogens is 618 g/mol. The van der Waals surface area contributed by atoms with Gasteiger partial charge in [-0.3, -0.25) is 4.79 Å². The van der Waals surface area contributed by atoms with Gasteiger partial charge in [0.2, 0.25) is 0 Å². The highest BCUT2D eigenvalue weighted by Crippen LogP contribution is 2.50. The summed E-state index contributed by atoms with van der Waals surface area (Å²) in [5.74, 6) is -0.877. The predicted molar refractivity (Wildman–Crippen MR) is 135 cm³/mol. The molecule has 14 heteroatoms. The molecule has 0 bridgehead atoms. The number of alkyl halides is 6. The van der Waals surface area contributed by atoms with Crippen LogP contribution in [0.2, 0.25) is 0 Å². The van der Waals surface area contributed by atoms with Crippen LogP contribution in [0.3, 0.4) is 0 Å². The molecule has 0 fully saturated rings. The molecule has 3 aromatic carbocycles. The molecule has 39 heavy (non-hydrogen) atoms. The van der Waals surface area contributed by atoms with Crippen LogP contribution in [0, 0.1) is 0 Å². The van der Waals surface area contributed by atoms with Crippen LogP contribution in [0.4, 0.5) is 26.3 Å². The molecule has 1 aliphatic rings. The summed E-state index contributed by atoms with van der Waals surface area (Å²) in [5.41, 5.74) is -5.09. The van der Waals surface area contributed by atoms with E-state index in [-0.39, 0.29) is 33.6 Å². The quantitative estimate of drug-likeness (QED) is 0.338. The van der Waals surface area contributed by atoms with E-state index in [4.69, 9.17) is 4.84 Å². The van der Waals surface area contributed by atoms with Crippen molar-refractivity contribution in [2.45, 2.75) is 24.4 Å². The number of hydrogen-bond donors (Lipinski definition) is 1. The fraction of sp³-hybridized carbons (Fsp3) is 0.280. The van der Waals surface area contributed by atoms with Crippen molar-refractivity contribution in [2.24, 2.45) is 5.16 Å². The summed E-state index contributed by atoms with van der Waals surface area (Å²) in [6.45, 7) is -0.144. The molecule has 0 saturated heterocycles. The SMILES string of the molecule is CS(=O)(=O)CCNC(=O)c1ccc(C2=NOC(c3cc(Br)cc(C(F)(F)F)c3)(C(F)(F)F)C2)c2ccccc12. The molecule has 1 amide bonds. The molecule has 1 heterocycles. The summed E-state index contributed by atoms with van der Waals surface area (Å²) in [6.07, 6.45) is -9.94. The Morgan fingerprint density at radius 3 is 2.33 bits per heavy atom. The van der Waals surface area contributed by atoms with Gasteiger partial charge in [0.05, 0.1) is 17.0 Å². The Morgan fingerprint density at radius 2 is 1.72 bits per heavy atom. The molecule has 1 N–H and O–H groups in total. The van der Waals surface area contributed by atoms with Crippen LogP contribution in [0.5, 0.6) is 0 Å². The zero-order chi connectivity index (χ0) is 28.8. The van der Waals surface area contributed by atoms with Crippen LogP contribution < -0.4 is 5.32 Å². The van der Waals surface area contributed by atoms with E-state index in [9.17, 15) is 39.6 Å². The number of oxime groups is 1. The lowest BCUT2D eigenvalue weighted by Crippen LogP contribution is -2.43. The van der Waals surface area contributed by atoms with Crippen molar-refractivity contribution in [3.63, 3.8) is 0 Å². The Morgan fingerprint density at radius 1 is 1.05 bits per heavy atom. The lowest BCUT2D eigenvalue weighted by atomic mass is 9.84. The molecule has 0 radical (unpaired) electrons. The molecule has 0 aromatic heterocycles. The zero-order valence-corrected chi connectivity index (χ0v) is 22.4. The Labute approximate surface area is 227 Å². The fourth-order valence-corrected chi connectivity index (χ4v) is 5.19. The van der Waals surface area contributed by atoms with Crippen molar-refractivity contribution in [2.75, 3.05) is 18.6 Å². The third kappa shape index (κ3) is 5.91. The van der Waals surface area contributed by atoms with Gasteiger partial charge >= 0.3 is 12.4 Å². The van der Waals surface area contributed by atoms with Gasteiger partial charge in [-0.1, -0.05) is 51.4 Å². The number of sulfone groups is 1. The third-order valence-corrected chi connectivity index (χ3v) is 7.52. The summed E-state index contributed by atoms with van der Waals surface area (Å²) in [7, 11) is -3.32. The Hall–Kier alpha value is -3.13. The van der Waals surface area contributed by atoms with Gasteiger partial charge in [0.25, 0.3) is 11.5 Å². The Bertz CT molecular complexity index is 1590. The maximum Gasteiger partial charge on any atom is 0.435 e. The van der Waals surface area contributed by atoms with E-state index in [2.05, 4.69) is 26.4 Å². The van der Waals surface area contributed by atoms with E-state index >= 15 is 0 Å². The van der Waals surface area contributed by atoms with Crippen molar-refractivity contribution >= 4 is 48.2 Å². The van der Waals surface area contributed by atoms with Gasteiger partial charge in [0.1, 0.15) is 9.84 Å². The van der Waals surface area contributed by atoms with E-state index in [0.29, 0.717) is 22.9 Å². The van der Waals surface area contributed by atoms with Crippen molar-refractivity contribution in [1.82, 2.24) is 5.32 Å². The Balaban J connectivity index is 1.73. The summed E-state index contributed by atoms with van der Waals surface area (Å²) >= 11 is 2.85. The Kier molecular flexibility index (Phi) is 7.49. The molecule has 208 valence electrons. The summed E-state index contributed by atoms with van der Waals surface area (Å²) < 4.78 is 106. The molecule has 1 aliphatic heterocycles. The lowest BCUT2D eigenvalue weighted by Gasteiger charge is -2.30. The number of nitrogens with one attached hydrogen (secondary N) is 1. The molecule has 3 aromatic rings. The minimum atomic E-state index is -5.14. The van der Waals surface area contributed by atoms with Crippen molar-refractivity contribution in [3.05, 3.63) is 81.3 Å². The second-order valence-corrected chi connectivity index (χ2v) is 12.1. The first kappa shape index (κ1) is 28.9. The second-order valence-electron chi connectivity index (χ2n) is 8.95. The van der Waals surface area contributed by atoms with E-state index in [1.807, 2.05) is 0 Å². The third-order valence-electron chi connectivity index (χ3n) is 6.12. The lowest BCUT2D eigenvalue weighted by molar-refractivity contribution is -0.276. The molecule has 1 atom stereocenters. The van der Waals surface area contributed by atoms with Crippen LogP contribution in [-0.2, 0) is 26.5 Å². The average Bonchev–Trinajstić information content (AvgIpc) is 3.28. The number of benzene rings is 3. The highest BCUT2D eigenvalue weighted by atomic mass is 79.9. The van der Waals surface area contributed by atoms with Gasteiger partial charge < -0.3 is 10.2 Å². The number of fused-ring (bicyclic) bond motifs is 1. The van der Waals surface area contributed by atoms with Gasteiger partial charge in [-0.25, -0.2) is 8.42 Å². The van der Waals surface area contributed by atoms with E-state index in [1.54, 1.807) is 24.3 Å². The maximum atomic E-state index is 14.4. The molecule has 4 rings (SSSR count). The van der Waals surface area contributed by atoms with Crippen LogP contribution in [0.25, 0.3) is 10.8 Å². The zero-order valence-electron chi connectivity index (χ0n) is 20.0. The molecule has 0 spiro atoms. The minimum Gasteiger partial charge on any atom is -0.374 e. The first-order chi connectivity index (χ1) is 18.0. The average molecular weight is 637 g/mol. The van der Waals surface area contributed by atoms with Gasteiger partial charge in [-0.15, -0.1) is 0 Å². The van der Waals surface area contributed by atoms with E-state index < -0.39 is 51.2 Å². The summed E-state index contributed by atoms with van der Waals surface area (Å²) in [6, 6.07) is 11.0. The largest absolute Gasteiger partial charge is 0.435 e. The molecular formula is C25H19BrF6N2O4S. The van der Waals surface area contributed by atoms with Crippen molar-refractivity contribution < 1.29 is 44.4 Å². The van der Waals surface area contributed by atoms with Crippen molar-refractivity contribution in [3.8, 4) is 0 Å². The standard InChI is InChI=1S/C25H19BrF6N2O4S/c1-39(36,37)9-8-33-22(35)20-7-6-19(17-4-2-3-5-18(17)20)21-13-23(38-34-21,25(30,31)32)14-10-15(24(27,28)29)12-16(26)11-14/h2-7,10-12H,8-9,13H2,1H3,(H,33,35). The highest BCUT2D eigenvalue weighted by Gasteiger charge is 2.62. The topological polar surface area (TPSA) is 84.8 Å². The normalized spacial score (nSPS) is 18.1. The van der Waals surface area contributed by atoms with Crippen molar-refractivity contribution in [1.29, 1.82) is 0 Å². The van der Waals surface area contributed by atoms with Crippen LogP contribution in [0.15, 0.2) is 64.2 Å². The smallest absolute Gasteiger partial charge is 0.374 e. The first-order valence-corrected chi connectivity index (χ1v) is 14.1. The molecule has 1 unspecified atom stereocenters. The minimum absolute atomic E-state index is 0.144. The maximum absolute atomic E-state index is 14.4. The summed E-state index contributed by atoms with van der Waals surface area (Å²) in [5, 5.41) is 6.85. The number of carbonyl (C=O) groups excluding carboxylic acids is 1. The highest BCUT2D eigenvalue weighted by molar-refractivity contribution is 9.10. The van der Waals surface area contributed by atoms with E-state index in [0.717, 1.165) is 12.3 Å². The summed E-state index contributed by atoms with van der Waals surface area (Å²) in [4.78, 5) is 17.7. The van der Waals surface area contributed by atoms with Gasteiger partial charge in [0, 0.05) is 40.4 Å². The van der Waals surface area contributed by atoms with E-state index in [1.165, 1.54) is 12.1 Å². The van der Waals surface area contributed by atoms with Crippen LogP contribution in [-0.4, -0.2) is 44.8 Å². The van der Waals surface area contributed by atoms with Gasteiger partial charge in [0.15, 0.2) is 0 Å². The fourth-order valence-electron chi connectivity index (χ4n) is 4.23. The van der Waals surface area contributed by atoms with Gasteiger partial charge in [-0.2, -0.15) is 26.3 Å². The second kappa shape index (κ2) is 10.1. The monoisotopic (exact) mass is 636 g/mol. The number of halogens is 7. The number of nitrogens with zero attached hydrogens (tertiary/aromatic N) is 1. The number of amides is 1. The number of hydrogen-bond acceptors (Lipinski definition) is 5.